The van der Waals surface area contributed by atoms with Crippen molar-refractivity contribution in [1.29, 1.82) is 0 Å². The zero-order chi connectivity index (χ0) is 10.2. The maximum absolute atomic E-state index is 11.3. The monoisotopic (exact) mass is 172 g/mol. The summed E-state index contributed by atoms with van der Waals surface area (Å²) in [5, 5.41) is 9.76. The van der Waals surface area contributed by atoms with Gasteiger partial charge in [0, 0.05) is 0 Å². The van der Waals surface area contributed by atoms with Crippen LogP contribution in [0.25, 0.3) is 0 Å². The fourth-order valence-corrected chi connectivity index (χ4v) is 2.17. The second-order valence-electron chi connectivity index (χ2n) is 5.06. The molecule has 0 bridgehead atoms. The van der Waals surface area contributed by atoms with Crippen molar-refractivity contribution in [2.45, 2.75) is 47.1 Å². The van der Waals surface area contributed by atoms with E-state index in [0.29, 0.717) is 0 Å². The first-order chi connectivity index (χ1) is 5.07. The standard InChI is InChI=1S/C10H20O2/c1-7(11)8(9(2,3)4)10(5,6)12/h8,12H,1-6H3. The minimum Gasteiger partial charge on any atom is -0.390 e. The second kappa shape index (κ2) is 3.17. The van der Waals surface area contributed by atoms with Crippen molar-refractivity contribution in [1.82, 2.24) is 0 Å². The average molecular weight is 172 g/mol. The SMILES string of the molecule is CC(=O)C(C(C)(C)C)C(C)(C)O. The molecular formula is C10H20O2. The van der Waals surface area contributed by atoms with Crippen LogP contribution in [0.15, 0.2) is 0 Å². The van der Waals surface area contributed by atoms with Crippen molar-refractivity contribution >= 4 is 5.78 Å². The molecule has 0 aromatic carbocycles. The first-order valence-electron chi connectivity index (χ1n) is 4.29. The van der Waals surface area contributed by atoms with Gasteiger partial charge in [0.05, 0.1) is 11.5 Å². The summed E-state index contributed by atoms with van der Waals surface area (Å²) in [7, 11) is 0. The lowest BCUT2D eigenvalue weighted by Crippen LogP contribution is -2.44. The largest absolute Gasteiger partial charge is 0.390 e. The Balaban J connectivity index is 4.82. The van der Waals surface area contributed by atoms with E-state index < -0.39 is 5.60 Å². The van der Waals surface area contributed by atoms with E-state index in [1.165, 1.54) is 6.92 Å². The number of Topliss-reactive ketones (excluding diaryl/α,β-unsaturated/α-hetero) is 1. The van der Waals surface area contributed by atoms with Crippen molar-refractivity contribution in [3.8, 4) is 0 Å². The molecular weight excluding hydrogens is 152 g/mol. The lowest BCUT2D eigenvalue weighted by molar-refractivity contribution is -0.135. The minimum absolute atomic E-state index is 0.0509. The minimum atomic E-state index is -0.927. The number of rotatable bonds is 2. The van der Waals surface area contributed by atoms with Crippen molar-refractivity contribution in [2.75, 3.05) is 0 Å². The summed E-state index contributed by atoms with van der Waals surface area (Å²) in [6.07, 6.45) is 0. The van der Waals surface area contributed by atoms with Crippen LogP contribution in [0.5, 0.6) is 0 Å². The summed E-state index contributed by atoms with van der Waals surface area (Å²) in [5.74, 6) is -0.250. The van der Waals surface area contributed by atoms with E-state index in [0.717, 1.165) is 0 Å². The van der Waals surface area contributed by atoms with E-state index >= 15 is 0 Å². The summed E-state index contributed by atoms with van der Waals surface area (Å²) >= 11 is 0. The molecule has 0 saturated carbocycles. The highest BCUT2D eigenvalue weighted by Crippen LogP contribution is 2.34. The Bertz CT molecular complexity index is 155. The normalized spacial score (nSPS) is 15.9. The first-order valence-corrected chi connectivity index (χ1v) is 4.29. The molecule has 0 aliphatic heterocycles. The van der Waals surface area contributed by atoms with Crippen LogP contribution in [0.2, 0.25) is 0 Å². The predicted octanol–water partition coefficient (Wildman–Crippen LogP) is 2.01. The van der Waals surface area contributed by atoms with Gasteiger partial charge >= 0.3 is 0 Å². The number of carbonyl (C=O) groups excluding carboxylic acids is 1. The van der Waals surface area contributed by atoms with Gasteiger partial charge in [-0.1, -0.05) is 20.8 Å². The van der Waals surface area contributed by atoms with Crippen LogP contribution in [-0.4, -0.2) is 16.5 Å². The van der Waals surface area contributed by atoms with Crippen LogP contribution in [0.4, 0.5) is 0 Å². The molecule has 0 saturated heterocycles. The quantitative estimate of drug-likeness (QED) is 0.691. The molecule has 2 heteroatoms. The number of hydrogen-bond acceptors (Lipinski definition) is 2. The van der Waals surface area contributed by atoms with Crippen molar-refractivity contribution in [3.63, 3.8) is 0 Å². The third-order valence-electron chi connectivity index (χ3n) is 1.98. The molecule has 72 valence electrons. The number of hydrogen-bond donors (Lipinski definition) is 1. The molecule has 0 heterocycles. The average Bonchev–Trinajstić information content (AvgIpc) is 1.49. The highest BCUT2D eigenvalue weighted by atomic mass is 16.3. The van der Waals surface area contributed by atoms with Crippen molar-refractivity contribution < 1.29 is 9.90 Å². The Morgan fingerprint density at radius 3 is 1.50 bits per heavy atom. The van der Waals surface area contributed by atoms with Crippen LogP contribution < -0.4 is 0 Å². The van der Waals surface area contributed by atoms with Gasteiger partial charge in [-0.3, -0.25) is 4.79 Å². The molecule has 0 aromatic heterocycles. The predicted molar refractivity (Wildman–Crippen MR) is 49.9 cm³/mol. The first kappa shape index (κ1) is 11.6. The van der Waals surface area contributed by atoms with Crippen LogP contribution in [-0.2, 0) is 4.79 Å². The third-order valence-corrected chi connectivity index (χ3v) is 1.98. The van der Waals surface area contributed by atoms with Gasteiger partial charge in [-0.2, -0.15) is 0 Å². The summed E-state index contributed by atoms with van der Waals surface area (Å²) < 4.78 is 0. The Morgan fingerprint density at radius 2 is 1.50 bits per heavy atom. The van der Waals surface area contributed by atoms with Gasteiger partial charge in [0.25, 0.3) is 0 Å². The van der Waals surface area contributed by atoms with Gasteiger partial charge in [0.1, 0.15) is 5.78 Å². The Labute approximate surface area is 75.0 Å². The van der Waals surface area contributed by atoms with Crippen molar-refractivity contribution in [2.24, 2.45) is 11.3 Å². The third kappa shape index (κ3) is 2.94. The molecule has 0 spiro atoms. The fraction of sp³-hybridized carbons (Fsp3) is 0.900. The van der Waals surface area contributed by atoms with Gasteiger partial charge < -0.3 is 5.11 Å². The van der Waals surface area contributed by atoms with Crippen LogP contribution in [0.1, 0.15) is 41.5 Å². The van der Waals surface area contributed by atoms with E-state index in [1.807, 2.05) is 20.8 Å². The molecule has 12 heavy (non-hydrogen) atoms. The Hall–Kier alpha value is -0.370. The van der Waals surface area contributed by atoms with Gasteiger partial charge in [-0.05, 0) is 26.2 Å². The van der Waals surface area contributed by atoms with E-state index in [4.69, 9.17) is 0 Å². The molecule has 0 aromatic rings. The molecule has 0 aliphatic rings. The summed E-state index contributed by atoms with van der Waals surface area (Å²) in [4.78, 5) is 11.3. The van der Waals surface area contributed by atoms with Gasteiger partial charge in [0.15, 0.2) is 0 Å². The maximum atomic E-state index is 11.3. The Morgan fingerprint density at radius 1 is 1.17 bits per heavy atom. The highest BCUT2D eigenvalue weighted by Gasteiger charge is 2.39. The molecule has 0 aliphatic carbocycles. The second-order valence-corrected chi connectivity index (χ2v) is 5.06. The Kier molecular flexibility index (Phi) is 3.07. The summed E-state index contributed by atoms with van der Waals surface area (Å²) in [5.41, 5.74) is -1.10. The zero-order valence-corrected chi connectivity index (χ0v) is 8.93. The molecule has 1 atom stereocenters. The van der Waals surface area contributed by atoms with Gasteiger partial charge in [-0.25, -0.2) is 0 Å². The molecule has 0 amide bonds. The molecule has 1 unspecified atom stereocenters. The lowest BCUT2D eigenvalue weighted by atomic mass is 9.70. The molecule has 2 nitrogen and oxygen atoms in total. The topological polar surface area (TPSA) is 37.3 Å². The molecule has 0 radical (unpaired) electrons. The molecule has 0 fully saturated rings. The van der Waals surface area contributed by atoms with Crippen LogP contribution in [0, 0.1) is 11.3 Å². The van der Waals surface area contributed by atoms with Gasteiger partial charge in [0.2, 0.25) is 0 Å². The fourth-order valence-electron chi connectivity index (χ4n) is 2.17. The summed E-state index contributed by atoms with van der Waals surface area (Å²) in [6, 6.07) is 0. The molecule has 1 N–H and O–H groups in total. The smallest absolute Gasteiger partial charge is 0.136 e. The maximum Gasteiger partial charge on any atom is 0.136 e. The lowest BCUT2D eigenvalue weighted by Gasteiger charge is -2.37. The number of ketones is 1. The van der Waals surface area contributed by atoms with Gasteiger partial charge in [-0.15, -0.1) is 0 Å². The van der Waals surface area contributed by atoms with Crippen molar-refractivity contribution in [3.05, 3.63) is 0 Å². The molecule has 0 rings (SSSR count). The van der Waals surface area contributed by atoms with E-state index in [-0.39, 0.29) is 17.1 Å². The highest BCUT2D eigenvalue weighted by molar-refractivity contribution is 5.80. The number of carbonyl (C=O) groups is 1. The number of aliphatic hydroxyl groups is 1. The van der Waals surface area contributed by atoms with E-state index in [2.05, 4.69) is 0 Å². The van der Waals surface area contributed by atoms with E-state index in [9.17, 15) is 9.90 Å². The van der Waals surface area contributed by atoms with Crippen LogP contribution >= 0.6 is 0 Å². The van der Waals surface area contributed by atoms with E-state index in [1.54, 1.807) is 13.8 Å². The zero-order valence-electron chi connectivity index (χ0n) is 8.93. The van der Waals surface area contributed by atoms with Crippen LogP contribution in [0.3, 0.4) is 0 Å². The summed E-state index contributed by atoms with van der Waals surface area (Å²) in [6.45, 7) is 10.8.